The van der Waals surface area contributed by atoms with Gasteiger partial charge in [-0.15, -0.1) is 0 Å². The number of rotatable bonds is 6. The maximum atomic E-state index is 13.5. The third kappa shape index (κ3) is 4.40. The van der Waals surface area contributed by atoms with Gasteiger partial charge in [0.1, 0.15) is 17.3 Å². The highest BCUT2D eigenvalue weighted by atomic mass is 32.2. The zero-order valence-corrected chi connectivity index (χ0v) is 13.4. The molecule has 0 radical (unpaired) electrons. The molecule has 0 atom stereocenters. The molecule has 0 fully saturated rings. The van der Waals surface area contributed by atoms with E-state index in [1.54, 1.807) is 24.3 Å². The van der Waals surface area contributed by atoms with Crippen LogP contribution in [-0.2, 0) is 26.0 Å². The fraction of sp³-hybridized carbons (Fsp3) is 0.176. The molecule has 0 spiro atoms. The van der Waals surface area contributed by atoms with Gasteiger partial charge in [-0.3, -0.25) is 4.79 Å². The molecule has 2 rings (SSSR count). The predicted molar refractivity (Wildman–Crippen MR) is 84.0 cm³/mol. The zero-order valence-electron chi connectivity index (χ0n) is 12.6. The van der Waals surface area contributed by atoms with Crippen LogP contribution < -0.4 is 0 Å². The van der Waals surface area contributed by atoms with Crippen molar-refractivity contribution in [3.63, 3.8) is 0 Å². The van der Waals surface area contributed by atoms with Crippen LogP contribution in [0.5, 0.6) is 0 Å². The van der Waals surface area contributed by atoms with Gasteiger partial charge in [-0.1, -0.05) is 30.3 Å². The average Bonchev–Trinajstić information content (AvgIpc) is 2.58. The van der Waals surface area contributed by atoms with Crippen LogP contribution in [0.25, 0.3) is 0 Å². The van der Waals surface area contributed by atoms with E-state index in [-0.39, 0.29) is 6.61 Å². The summed E-state index contributed by atoms with van der Waals surface area (Å²) in [5, 5.41) is 8.94. The maximum absolute atomic E-state index is 13.5. The van der Waals surface area contributed by atoms with Gasteiger partial charge in [0.25, 0.3) is 0 Å². The Bertz CT molecular complexity index is 887. The lowest BCUT2D eigenvalue weighted by molar-refractivity contribution is -0.144. The Kier molecular flexibility index (Phi) is 5.66. The van der Waals surface area contributed by atoms with E-state index in [4.69, 9.17) is 10.00 Å². The molecule has 0 bridgehead atoms. The fourth-order valence-electron chi connectivity index (χ4n) is 2.01. The van der Waals surface area contributed by atoms with Crippen molar-refractivity contribution in [2.75, 3.05) is 5.75 Å². The van der Waals surface area contributed by atoms with E-state index in [0.29, 0.717) is 11.1 Å². The first-order valence-corrected chi connectivity index (χ1v) is 8.70. The molecule has 124 valence electrons. The Morgan fingerprint density at radius 1 is 1.12 bits per heavy atom. The minimum absolute atomic E-state index is 0.123. The van der Waals surface area contributed by atoms with Crippen LogP contribution in [0, 0.1) is 17.1 Å². The number of esters is 1. The Morgan fingerprint density at radius 3 is 2.50 bits per heavy atom. The quantitative estimate of drug-likeness (QED) is 0.750. The monoisotopic (exact) mass is 347 g/mol. The molecule has 0 saturated carbocycles. The highest BCUT2D eigenvalue weighted by Gasteiger charge is 2.20. The van der Waals surface area contributed by atoms with Crippen LogP contribution in [-0.4, -0.2) is 20.1 Å². The third-order valence-corrected chi connectivity index (χ3v) is 5.02. The molecule has 2 aromatic rings. The van der Waals surface area contributed by atoms with Crippen molar-refractivity contribution in [1.29, 1.82) is 5.26 Å². The number of halogens is 1. The summed E-state index contributed by atoms with van der Waals surface area (Å²) in [5.41, 5.74) is 0.912. The van der Waals surface area contributed by atoms with Gasteiger partial charge in [0.2, 0.25) is 0 Å². The molecule has 0 saturated heterocycles. The number of hydrogen-bond acceptors (Lipinski definition) is 5. The molecule has 0 unspecified atom stereocenters. The number of sulfone groups is 1. The van der Waals surface area contributed by atoms with Gasteiger partial charge in [0.15, 0.2) is 9.84 Å². The number of hydrogen-bond donors (Lipinski definition) is 0. The van der Waals surface area contributed by atoms with Crippen molar-refractivity contribution >= 4 is 15.8 Å². The van der Waals surface area contributed by atoms with Gasteiger partial charge >= 0.3 is 5.97 Å². The summed E-state index contributed by atoms with van der Waals surface area (Å²) in [6, 6.07) is 13.6. The van der Waals surface area contributed by atoms with E-state index in [1.807, 2.05) is 6.07 Å². The van der Waals surface area contributed by atoms with Crippen molar-refractivity contribution in [2.24, 2.45) is 0 Å². The second-order valence-electron chi connectivity index (χ2n) is 4.93. The van der Waals surface area contributed by atoms with Crippen molar-refractivity contribution in [3.8, 4) is 6.07 Å². The molecule has 0 heterocycles. The lowest BCUT2D eigenvalue weighted by atomic mass is 10.1. The molecule has 0 N–H and O–H groups in total. The van der Waals surface area contributed by atoms with Gasteiger partial charge in [-0.25, -0.2) is 12.8 Å². The molecule has 0 aliphatic carbocycles. The number of benzene rings is 2. The number of carbonyl (C=O) groups excluding carboxylic acids is 1. The van der Waals surface area contributed by atoms with Gasteiger partial charge < -0.3 is 4.74 Å². The van der Waals surface area contributed by atoms with Crippen LogP contribution >= 0.6 is 0 Å². The smallest absolute Gasteiger partial charge is 0.307 e. The number of ether oxygens (including phenoxy) is 1. The Hall–Kier alpha value is -2.72. The summed E-state index contributed by atoms with van der Waals surface area (Å²) in [5.74, 6) is -2.14. The van der Waals surface area contributed by atoms with E-state index in [0.717, 1.165) is 12.1 Å². The third-order valence-electron chi connectivity index (χ3n) is 3.27. The lowest BCUT2D eigenvalue weighted by Gasteiger charge is -2.07. The summed E-state index contributed by atoms with van der Waals surface area (Å²) < 4.78 is 42.6. The van der Waals surface area contributed by atoms with Crippen LogP contribution in [0.15, 0.2) is 53.4 Å². The van der Waals surface area contributed by atoms with E-state index < -0.39 is 38.7 Å². The molecular formula is C17H14FNO4S. The summed E-state index contributed by atoms with van der Waals surface area (Å²) in [6.07, 6.45) is -0.397. The minimum atomic E-state index is -3.91. The second-order valence-corrected chi connectivity index (χ2v) is 7.01. The standard InChI is InChI=1S/C17H14FNO4S/c18-15-7-3-4-8-16(15)24(21,22)10-9-17(20)23-12-14-6-2-1-5-13(14)11-19/h1-8H,9-10,12H2. The maximum Gasteiger partial charge on any atom is 0.307 e. The Labute approximate surface area is 139 Å². The van der Waals surface area contributed by atoms with Crippen molar-refractivity contribution < 1.29 is 22.3 Å². The number of nitriles is 1. The molecular weight excluding hydrogens is 333 g/mol. The molecule has 24 heavy (non-hydrogen) atoms. The first-order chi connectivity index (χ1) is 11.4. The SMILES string of the molecule is N#Cc1ccccc1COC(=O)CCS(=O)(=O)c1ccccc1F. The van der Waals surface area contributed by atoms with E-state index in [2.05, 4.69) is 0 Å². The van der Waals surface area contributed by atoms with Crippen LogP contribution in [0.2, 0.25) is 0 Å². The molecule has 0 aromatic heterocycles. The van der Waals surface area contributed by atoms with Crippen LogP contribution in [0.3, 0.4) is 0 Å². The van der Waals surface area contributed by atoms with Gasteiger partial charge in [-0.2, -0.15) is 5.26 Å². The zero-order chi connectivity index (χ0) is 17.6. The summed E-state index contributed by atoms with van der Waals surface area (Å²) in [6.45, 7) is -0.123. The average molecular weight is 347 g/mol. The Morgan fingerprint density at radius 2 is 1.79 bits per heavy atom. The molecule has 0 amide bonds. The van der Waals surface area contributed by atoms with E-state index in [9.17, 15) is 17.6 Å². The topological polar surface area (TPSA) is 84.2 Å². The number of carbonyl (C=O) groups is 1. The highest BCUT2D eigenvalue weighted by molar-refractivity contribution is 7.91. The Balaban J connectivity index is 1.94. The van der Waals surface area contributed by atoms with E-state index >= 15 is 0 Å². The lowest BCUT2D eigenvalue weighted by Crippen LogP contribution is -2.14. The van der Waals surface area contributed by atoms with Gasteiger partial charge in [-0.05, 0) is 18.2 Å². The van der Waals surface area contributed by atoms with Crippen LogP contribution in [0.4, 0.5) is 4.39 Å². The van der Waals surface area contributed by atoms with Crippen LogP contribution in [0.1, 0.15) is 17.5 Å². The molecule has 5 nitrogen and oxygen atoms in total. The first-order valence-electron chi connectivity index (χ1n) is 7.05. The first kappa shape index (κ1) is 17.6. The molecule has 7 heteroatoms. The number of nitrogens with zero attached hydrogens (tertiary/aromatic N) is 1. The summed E-state index contributed by atoms with van der Waals surface area (Å²) in [4.78, 5) is 11.3. The predicted octanol–water partition coefficient (Wildman–Crippen LogP) is 2.60. The second kappa shape index (κ2) is 7.70. The van der Waals surface area contributed by atoms with Gasteiger partial charge in [0.05, 0.1) is 23.8 Å². The van der Waals surface area contributed by atoms with E-state index in [1.165, 1.54) is 12.1 Å². The highest BCUT2D eigenvalue weighted by Crippen LogP contribution is 2.16. The van der Waals surface area contributed by atoms with Gasteiger partial charge in [0, 0.05) is 5.56 Å². The van der Waals surface area contributed by atoms with Crippen molar-refractivity contribution in [2.45, 2.75) is 17.9 Å². The van der Waals surface area contributed by atoms with Crippen molar-refractivity contribution in [1.82, 2.24) is 0 Å². The summed E-state index contributed by atoms with van der Waals surface area (Å²) >= 11 is 0. The minimum Gasteiger partial charge on any atom is -0.461 e. The normalized spacial score (nSPS) is 10.8. The van der Waals surface area contributed by atoms with Crippen molar-refractivity contribution in [3.05, 3.63) is 65.5 Å². The molecule has 2 aromatic carbocycles. The largest absolute Gasteiger partial charge is 0.461 e. The molecule has 0 aliphatic heterocycles. The summed E-state index contributed by atoms with van der Waals surface area (Å²) in [7, 11) is -3.91. The fourth-order valence-corrected chi connectivity index (χ4v) is 3.32. The molecule has 0 aliphatic rings.